The van der Waals surface area contributed by atoms with Crippen molar-refractivity contribution in [3.63, 3.8) is 0 Å². The Hall–Kier alpha value is -0.280. The highest BCUT2D eigenvalue weighted by Gasteiger charge is 2.24. The van der Waals surface area contributed by atoms with Crippen molar-refractivity contribution >= 4 is 0 Å². The molecule has 2 unspecified atom stereocenters. The molecule has 0 fully saturated rings. The zero-order chi connectivity index (χ0) is 14.2. The summed E-state index contributed by atoms with van der Waals surface area (Å²) in [6, 6.07) is -0.489. The van der Waals surface area contributed by atoms with Crippen LogP contribution in [0.4, 0.5) is 0 Å². The van der Waals surface area contributed by atoms with E-state index in [2.05, 4.69) is 0 Å². The summed E-state index contributed by atoms with van der Waals surface area (Å²) in [7, 11) is 0. The van der Waals surface area contributed by atoms with Gasteiger partial charge in [-0.1, -0.05) is 19.8 Å². The van der Waals surface area contributed by atoms with Gasteiger partial charge in [0.15, 0.2) is 0 Å². The normalized spacial score (nSPS) is 17.2. The van der Waals surface area contributed by atoms with Crippen LogP contribution in [-0.2, 0) is 0 Å². The highest BCUT2D eigenvalue weighted by Crippen LogP contribution is 2.23. The fraction of sp³-hybridized carbons (Fsp3) is 1.00. The summed E-state index contributed by atoms with van der Waals surface area (Å²) in [6.45, 7) is 3.91. The number of nitrogens with zero attached hydrogens (tertiary/aromatic N) is 2. The Morgan fingerprint density at radius 1 is 1.28 bits per heavy atom. The molecule has 110 valence electrons. The van der Waals surface area contributed by atoms with Gasteiger partial charge in [-0.25, -0.2) is 0 Å². The van der Waals surface area contributed by atoms with Gasteiger partial charge in [0.05, 0.1) is 5.60 Å². The Kier molecular flexibility index (Phi) is 8.62. The molecule has 0 aliphatic carbocycles. The third kappa shape index (κ3) is 8.76. The standard InChI is InChI=1S/C11H26N4O3/c1-3-4-7-11(2,16)9-10(15(13)18)6-5-8-14(12)17/h10,16H,3-9,12-13H2,1-2H3/q-2. The fourth-order valence-corrected chi connectivity index (χ4v) is 1.97. The fourth-order valence-electron chi connectivity index (χ4n) is 1.97. The third-order valence-electron chi connectivity index (χ3n) is 3.02. The van der Waals surface area contributed by atoms with Crippen molar-refractivity contribution in [1.82, 2.24) is 10.3 Å². The highest BCUT2D eigenvalue weighted by molar-refractivity contribution is 4.81. The van der Waals surface area contributed by atoms with Gasteiger partial charge in [0.2, 0.25) is 0 Å². The zero-order valence-electron chi connectivity index (χ0n) is 11.3. The van der Waals surface area contributed by atoms with E-state index < -0.39 is 11.6 Å². The monoisotopic (exact) mass is 262 g/mol. The largest absolute Gasteiger partial charge is 0.772 e. The van der Waals surface area contributed by atoms with E-state index in [1.807, 2.05) is 6.92 Å². The van der Waals surface area contributed by atoms with Crippen molar-refractivity contribution in [3.05, 3.63) is 10.4 Å². The molecule has 0 bridgehead atoms. The second-order valence-corrected chi connectivity index (χ2v) is 5.10. The third-order valence-corrected chi connectivity index (χ3v) is 3.02. The lowest BCUT2D eigenvalue weighted by atomic mass is 9.90. The van der Waals surface area contributed by atoms with Gasteiger partial charge in [0.1, 0.15) is 0 Å². The van der Waals surface area contributed by atoms with E-state index in [4.69, 9.17) is 11.7 Å². The minimum atomic E-state index is -0.900. The van der Waals surface area contributed by atoms with E-state index in [1.165, 1.54) is 0 Å². The zero-order valence-corrected chi connectivity index (χ0v) is 11.3. The molecule has 2 atom stereocenters. The van der Waals surface area contributed by atoms with Gasteiger partial charge in [0, 0.05) is 6.04 Å². The summed E-state index contributed by atoms with van der Waals surface area (Å²) in [5, 5.41) is 32.6. The predicted molar refractivity (Wildman–Crippen MR) is 71.4 cm³/mol. The summed E-state index contributed by atoms with van der Waals surface area (Å²) in [5.41, 5.74) is -0.900. The molecule has 5 N–H and O–H groups in total. The molecule has 0 saturated heterocycles. The van der Waals surface area contributed by atoms with Crippen LogP contribution in [0.1, 0.15) is 52.4 Å². The predicted octanol–water partition coefficient (Wildman–Crippen LogP) is 0.814. The lowest BCUT2D eigenvalue weighted by Crippen LogP contribution is -2.42. The van der Waals surface area contributed by atoms with Crippen molar-refractivity contribution in [2.45, 2.75) is 64.0 Å². The smallest absolute Gasteiger partial charge is 0.0634 e. The molecule has 0 aromatic rings. The number of rotatable bonds is 10. The number of hydrogen-bond acceptors (Lipinski definition) is 7. The van der Waals surface area contributed by atoms with Crippen molar-refractivity contribution in [1.29, 1.82) is 0 Å². The topological polar surface area (TPSA) is 125 Å². The lowest BCUT2D eigenvalue weighted by Gasteiger charge is -2.38. The van der Waals surface area contributed by atoms with Crippen molar-refractivity contribution < 1.29 is 5.11 Å². The number of nitrogens with two attached hydrogens (primary N) is 2. The molecular weight excluding hydrogens is 236 g/mol. The average molecular weight is 262 g/mol. The molecule has 0 saturated carbocycles. The minimum Gasteiger partial charge on any atom is -0.772 e. The van der Waals surface area contributed by atoms with Crippen LogP contribution in [0.3, 0.4) is 0 Å². The van der Waals surface area contributed by atoms with Gasteiger partial charge in [0.25, 0.3) is 0 Å². The molecule has 0 heterocycles. The maximum atomic E-state index is 11.2. The Morgan fingerprint density at radius 2 is 1.89 bits per heavy atom. The first-order chi connectivity index (χ1) is 8.28. The molecule has 0 aliphatic heterocycles. The number of unbranched alkanes of at least 4 members (excludes halogenated alkanes) is 1. The van der Waals surface area contributed by atoms with E-state index in [0.717, 1.165) is 12.8 Å². The summed E-state index contributed by atoms with van der Waals surface area (Å²) < 4.78 is 0. The average Bonchev–Trinajstić information content (AvgIpc) is 2.24. The van der Waals surface area contributed by atoms with Gasteiger partial charge >= 0.3 is 0 Å². The molecule has 7 nitrogen and oxygen atoms in total. The number of hydroxylamine groups is 2. The molecule has 0 amide bonds. The molecule has 18 heavy (non-hydrogen) atoms. The molecule has 0 aromatic carbocycles. The van der Waals surface area contributed by atoms with Crippen LogP contribution in [0.5, 0.6) is 0 Å². The molecular formula is C11H26N4O3-2. The maximum Gasteiger partial charge on any atom is 0.0634 e. The molecule has 0 aliphatic rings. The van der Waals surface area contributed by atoms with E-state index in [9.17, 15) is 15.5 Å². The van der Waals surface area contributed by atoms with Crippen LogP contribution < -0.4 is 11.7 Å². The van der Waals surface area contributed by atoms with Crippen LogP contribution in [0, 0.1) is 10.4 Å². The number of hydrazine groups is 2. The Labute approximate surface area is 109 Å². The van der Waals surface area contributed by atoms with Crippen molar-refractivity contribution in [2.75, 3.05) is 6.54 Å². The Morgan fingerprint density at radius 3 is 2.33 bits per heavy atom. The first-order valence-corrected chi connectivity index (χ1v) is 6.41. The van der Waals surface area contributed by atoms with E-state index >= 15 is 0 Å². The first-order valence-electron chi connectivity index (χ1n) is 6.41. The second kappa shape index (κ2) is 8.76. The summed E-state index contributed by atoms with van der Waals surface area (Å²) >= 11 is 0. The maximum absolute atomic E-state index is 11.2. The van der Waals surface area contributed by atoms with Crippen molar-refractivity contribution in [2.24, 2.45) is 11.7 Å². The molecule has 0 radical (unpaired) electrons. The van der Waals surface area contributed by atoms with Gasteiger partial charge in [-0.2, -0.15) is 0 Å². The highest BCUT2D eigenvalue weighted by atomic mass is 16.5. The van der Waals surface area contributed by atoms with Crippen LogP contribution in [0.25, 0.3) is 0 Å². The van der Waals surface area contributed by atoms with Crippen molar-refractivity contribution in [3.8, 4) is 0 Å². The van der Waals surface area contributed by atoms with E-state index in [1.54, 1.807) is 6.92 Å². The Bertz CT molecular complexity index is 212. The van der Waals surface area contributed by atoms with Gasteiger partial charge in [-0.15, -0.1) is 0 Å². The van der Waals surface area contributed by atoms with Crippen LogP contribution in [0.2, 0.25) is 0 Å². The second-order valence-electron chi connectivity index (χ2n) is 5.10. The minimum absolute atomic E-state index is 0.154. The number of aliphatic hydroxyl groups is 1. The Balaban J connectivity index is 4.17. The summed E-state index contributed by atoms with van der Waals surface area (Å²) in [6.07, 6.45) is 3.75. The summed E-state index contributed by atoms with van der Waals surface area (Å²) in [5.74, 6) is 10.2. The lowest BCUT2D eigenvalue weighted by molar-refractivity contribution is 0.0138. The quantitative estimate of drug-likeness (QED) is 0.393. The van der Waals surface area contributed by atoms with Crippen LogP contribution >= 0.6 is 0 Å². The number of hydrogen-bond donors (Lipinski definition) is 3. The molecule has 7 heteroatoms. The van der Waals surface area contributed by atoms with Gasteiger partial charge < -0.3 is 25.9 Å². The van der Waals surface area contributed by atoms with Gasteiger partial charge in [-0.05, 0) is 39.2 Å². The molecule has 0 rings (SSSR count). The summed E-state index contributed by atoms with van der Waals surface area (Å²) in [4.78, 5) is 0. The molecule has 0 spiro atoms. The van der Waals surface area contributed by atoms with E-state index in [-0.39, 0.29) is 6.54 Å². The van der Waals surface area contributed by atoms with E-state index in [0.29, 0.717) is 36.0 Å². The SMILES string of the molecule is CCCCC(C)(O)CC(CCCN(N)[O-])N(N)[O-]. The van der Waals surface area contributed by atoms with Gasteiger partial charge in [-0.3, -0.25) is 11.7 Å². The van der Waals surface area contributed by atoms with Crippen LogP contribution in [0.15, 0.2) is 0 Å². The molecule has 0 aromatic heterocycles. The van der Waals surface area contributed by atoms with Crippen LogP contribution in [-0.4, -0.2) is 33.6 Å². The first kappa shape index (κ1) is 17.7.